The molecular weight excluding hydrogens is 357 g/mol. The monoisotopic (exact) mass is 372 g/mol. The number of rotatable bonds is 4. The molecule has 0 N–H and O–H groups in total. The maximum absolute atomic E-state index is 14.3. The van der Waals surface area contributed by atoms with Crippen molar-refractivity contribution in [2.24, 2.45) is 0 Å². The van der Waals surface area contributed by atoms with Gasteiger partial charge in [-0.2, -0.15) is 5.10 Å². The summed E-state index contributed by atoms with van der Waals surface area (Å²) in [4.78, 5) is 12.7. The Labute approximate surface area is 153 Å². The molecule has 0 saturated heterocycles. The molecular formula is C20H15F3N2O2. The number of ether oxygens (including phenoxy) is 1. The first-order chi connectivity index (χ1) is 13.1. The van der Waals surface area contributed by atoms with Crippen LogP contribution < -0.4 is 0 Å². The topological polar surface area (TPSA) is 44.1 Å². The molecule has 4 rings (SSSR count). The largest absolute Gasteiger partial charge is 0.457 e. The van der Waals surface area contributed by atoms with E-state index in [2.05, 4.69) is 5.10 Å². The molecule has 0 amide bonds. The molecule has 3 aromatic rings. The molecule has 2 aromatic carbocycles. The van der Waals surface area contributed by atoms with Crippen molar-refractivity contribution >= 4 is 5.97 Å². The SMILES string of the molecule is O=C(OCc1ccccc1)c1c(-c2ccc(F)c(F)c2F)nn2c1CCC2. The molecule has 0 fully saturated rings. The lowest BCUT2D eigenvalue weighted by Crippen LogP contribution is -2.09. The zero-order chi connectivity index (χ0) is 19.0. The van der Waals surface area contributed by atoms with Crippen molar-refractivity contribution in [3.63, 3.8) is 0 Å². The minimum atomic E-state index is -1.59. The Morgan fingerprint density at radius 1 is 1.07 bits per heavy atom. The fourth-order valence-corrected chi connectivity index (χ4v) is 3.24. The summed E-state index contributed by atoms with van der Waals surface area (Å²) >= 11 is 0. The molecule has 2 heterocycles. The molecule has 0 aliphatic carbocycles. The van der Waals surface area contributed by atoms with Gasteiger partial charge < -0.3 is 4.74 Å². The molecule has 0 radical (unpaired) electrons. The van der Waals surface area contributed by atoms with E-state index in [0.29, 0.717) is 18.7 Å². The third kappa shape index (κ3) is 3.09. The molecule has 0 unspecified atom stereocenters. The van der Waals surface area contributed by atoms with E-state index < -0.39 is 23.4 Å². The second-order valence-corrected chi connectivity index (χ2v) is 6.28. The van der Waals surface area contributed by atoms with Gasteiger partial charge in [0.25, 0.3) is 0 Å². The predicted octanol–water partition coefficient (Wildman–Crippen LogP) is 4.27. The summed E-state index contributed by atoms with van der Waals surface area (Å²) in [6.07, 6.45) is 1.37. The van der Waals surface area contributed by atoms with Crippen LogP contribution in [0.25, 0.3) is 11.3 Å². The lowest BCUT2D eigenvalue weighted by Gasteiger charge is -2.08. The highest BCUT2D eigenvalue weighted by Crippen LogP contribution is 2.33. The number of hydrogen-bond acceptors (Lipinski definition) is 3. The van der Waals surface area contributed by atoms with Gasteiger partial charge in [0.1, 0.15) is 17.9 Å². The van der Waals surface area contributed by atoms with Crippen molar-refractivity contribution in [3.8, 4) is 11.3 Å². The summed E-state index contributed by atoms with van der Waals surface area (Å²) in [5, 5.41) is 4.26. The number of hydrogen-bond donors (Lipinski definition) is 0. The Hall–Kier alpha value is -3.09. The summed E-state index contributed by atoms with van der Waals surface area (Å²) in [6, 6.07) is 11.0. The minimum absolute atomic E-state index is 0.0286. The second-order valence-electron chi connectivity index (χ2n) is 6.28. The first-order valence-electron chi connectivity index (χ1n) is 8.51. The molecule has 1 aromatic heterocycles. The van der Waals surface area contributed by atoms with E-state index in [1.165, 1.54) is 0 Å². The zero-order valence-corrected chi connectivity index (χ0v) is 14.2. The lowest BCUT2D eigenvalue weighted by atomic mass is 10.0. The Bertz CT molecular complexity index is 1020. The van der Waals surface area contributed by atoms with Gasteiger partial charge in [0.05, 0.1) is 5.69 Å². The molecule has 0 saturated carbocycles. The summed E-state index contributed by atoms with van der Waals surface area (Å²) in [6.45, 7) is 0.615. The van der Waals surface area contributed by atoms with E-state index in [0.717, 1.165) is 24.1 Å². The van der Waals surface area contributed by atoms with Gasteiger partial charge in [-0.15, -0.1) is 0 Å². The number of carbonyl (C=O) groups is 1. The molecule has 1 aliphatic rings. The Morgan fingerprint density at radius 3 is 2.63 bits per heavy atom. The number of halogens is 3. The van der Waals surface area contributed by atoms with Gasteiger partial charge in [-0.3, -0.25) is 4.68 Å². The maximum atomic E-state index is 14.3. The van der Waals surface area contributed by atoms with E-state index in [-0.39, 0.29) is 23.4 Å². The number of carbonyl (C=O) groups excluding carboxylic acids is 1. The van der Waals surface area contributed by atoms with Crippen LogP contribution in [0.2, 0.25) is 0 Å². The fourth-order valence-electron chi connectivity index (χ4n) is 3.24. The highest BCUT2D eigenvalue weighted by Gasteiger charge is 2.30. The average molecular weight is 372 g/mol. The summed E-state index contributed by atoms with van der Waals surface area (Å²) in [7, 11) is 0. The number of aromatic nitrogens is 2. The minimum Gasteiger partial charge on any atom is -0.457 e. The van der Waals surface area contributed by atoms with E-state index >= 15 is 0 Å². The number of esters is 1. The van der Waals surface area contributed by atoms with Crippen molar-refractivity contribution in [3.05, 3.63) is 76.7 Å². The number of aryl methyl sites for hydroxylation is 1. The predicted molar refractivity (Wildman–Crippen MR) is 91.4 cm³/mol. The van der Waals surface area contributed by atoms with Gasteiger partial charge in [0.2, 0.25) is 0 Å². The van der Waals surface area contributed by atoms with Crippen LogP contribution in [0.15, 0.2) is 42.5 Å². The molecule has 4 nitrogen and oxygen atoms in total. The van der Waals surface area contributed by atoms with E-state index in [9.17, 15) is 18.0 Å². The molecule has 1 aliphatic heterocycles. The first-order valence-corrected chi connectivity index (χ1v) is 8.51. The molecule has 0 spiro atoms. The van der Waals surface area contributed by atoms with Crippen LogP contribution in [0.1, 0.15) is 28.0 Å². The summed E-state index contributed by atoms with van der Waals surface area (Å²) in [5.74, 6) is -4.93. The number of nitrogens with zero attached hydrogens (tertiary/aromatic N) is 2. The van der Waals surface area contributed by atoms with Crippen LogP contribution in [0, 0.1) is 17.5 Å². The normalized spacial score (nSPS) is 12.9. The van der Waals surface area contributed by atoms with Crippen LogP contribution in [0.3, 0.4) is 0 Å². The summed E-state index contributed by atoms with van der Waals surface area (Å²) in [5.41, 5.74) is 1.23. The van der Waals surface area contributed by atoms with Crippen LogP contribution in [0.4, 0.5) is 13.2 Å². The molecule has 0 bridgehead atoms. The third-order valence-corrected chi connectivity index (χ3v) is 4.55. The third-order valence-electron chi connectivity index (χ3n) is 4.55. The Balaban J connectivity index is 1.72. The van der Waals surface area contributed by atoms with Crippen molar-refractivity contribution in [2.45, 2.75) is 26.0 Å². The summed E-state index contributed by atoms with van der Waals surface area (Å²) < 4.78 is 48.2. The van der Waals surface area contributed by atoms with Crippen molar-refractivity contribution in [1.29, 1.82) is 0 Å². The quantitative estimate of drug-likeness (QED) is 0.507. The maximum Gasteiger partial charge on any atom is 0.342 e. The van der Waals surface area contributed by atoms with Crippen molar-refractivity contribution in [1.82, 2.24) is 9.78 Å². The van der Waals surface area contributed by atoms with E-state index in [1.807, 2.05) is 30.3 Å². The van der Waals surface area contributed by atoms with Gasteiger partial charge >= 0.3 is 5.97 Å². The van der Waals surface area contributed by atoms with E-state index in [4.69, 9.17) is 4.74 Å². The first kappa shape index (κ1) is 17.3. The highest BCUT2D eigenvalue weighted by atomic mass is 19.2. The number of benzene rings is 2. The molecule has 27 heavy (non-hydrogen) atoms. The van der Waals surface area contributed by atoms with Crippen LogP contribution in [-0.2, 0) is 24.3 Å². The standard InChI is InChI=1S/C20H15F3N2O2/c21-14-9-8-13(17(22)18(14)23)19-16(15-7-4-10-25(15)24-19)20(26)27-11-12-5-2-1-3-6-12/h1-3,5-6,8-9H,4,7,10-11H2. The average Bonchev–Trinajstić information content (AvgIpc) is 3.26. The number of fused-ring (bicyclic) bond motifs is 1. The van der Waals surface area contributed by atoms with Crippen LogP contribution in [-0.4, -0.2) is 15.7 Å². The zero-order valence-electron chi connectivity index (χ0n) is 14.2. The Morgan fingerprint density at radius 2 is 1.85 bits per heavy atom. The molecule has 0 atom stereocenters. The molecule has 138 valence electrons. The van der Waals surface area contributed by atoms with Gasteiger partial charge in [-0.1, -0.05) is 30.3 Å². The second kappa shape index (κ2) is 6.90. The van der Waals surface area contributed by atoms with Gasteiger partial charge in [0.15, 0.2) is 17.5 Å². The van der Waals surface area contributed by atoms with Crippen molar-refractivity contribution < 1.29 is 22.7 Å². The van der Waals surface area contributed by atoms with Gasteiger partial charge in [-0.05, 0) is 30.5 Å². The van der Waals surface area contributed by atoms with Crippen molar-refractivity contribution in [2.75, 3.05) is 0 Å². The van der Waals surface area contributed by atoms with E-state index in [1.54, 1.807) is 4.68 Å². The highest BCUT2D eigenvalue weighted by molar-refractivity contribution is 5.97. The molecule has 7 heteroatoms. The lowest BCUT2D eigenvalue weighted by molar-refractivity contribution is 0.0472. The van der Waals surface area contributed by atoms with Gasteiger partial charge in [-0.25, -0.2) is 18.0 Å². The van der Waals surface area contributed by atoms with Gasteiger partial charge in [0, 0.05) is 12.1 Å². The smallest absolute Gasteiger partial charge is 0.342 e. The Kier molecular flexibility index (Phi) is 4.43. The fraction of sp³-hybridized carbons (Fsp3) is 0.200. The van der Waals surface area contributed by atoms with Crippen LogP contribution >= 0.6 is 0 Å². The van der Waals surface area contributed by atoms with Crippen LogP contribution in [0.5, 0.6) is 0 Å².